The standard InChI is InChI=1S/C18H17IN4O/c19-16-7-3-8-17(11-16)22-18(24)20-12-14-5-1-2-6-15(14)13-23-10-4-9-21-23/h1-11H,12-13H2,(H2,20,22,24). The molecule has 1 heterocycles. The fourth-order valence-corrected chi connectivity index (χ4v) is 2.91. The van der Waals surface area contributed by atoms with Crippen LogP contribution in [0.25, 0.3) is 0 Å². The van der Waals surface area contributed by atoms with Crippen LogP contribution in [0, 0.1) is 3.57 Å². The number of aromatic nitrogens is 2. The molecule has 0 atom stereocenters. The summed E-state index contributed by atoms with van der Waals surface area (Å²) < 4.78 is 2.94. The summed E-state index contributed by atoms with van der Waals surface area (Å²) in [6.45, 7) is 1.15. The van der Waals surface area contributed by atoms with Crippen LogP contribution in [0.4, 0.5) is 10.5 Å². The molecule has 2 aromatic carbocycles. The van der Waals surface area contributed by atoms with Gasteiger partial charge in [-0.05, 0) is 58.0 Å². The maximum absolute atomic E-state index is 12.1. The molecule has 3 aromatic rings. The lowest BCUT2D eigenvalue weighted by Gasteiger charge is -2.12. The average molecular weight is 432 g/mol. The summed E-state index contributed by atoms with van der Waals surface area (Å²) in [5, 5.41) is 9.98. The number of nitrogens with zero attached hydrogens (tertiary/aromatic N) is 2. The highest BCUT2D eigenvalue weighted by molar-refractivity contribution is 14.1. The van der Waals surface area contributed by atoms with Crippen molar-refractivity contribution in [2.24, 2.45) is 0 Å². The van der Waals surface area contributed by atoms with Crippen LogP contribution in [0.2, 0.25) is 0 Å². The minimum Gasteiger partial charge on any atom is -0.334 e. The molecule has 6 heteroatoms. The molecule has 3 rings (SSSR count). The topological polar surface area (TPSA) is 59.0 Å². The van der Waals surface area contributed by atoms with Crippen molar-refractivity contribution >= 4 is 34.3 Å². The zero-order valence-electron chi connectivity index (χ0n) is 12.9. The van der Waals surface area contributed by atoms with E-state index < -0.39 is 0 Å². The van der Waals surface area contributed by atoms with Crippen LogP contribution in [0.3, 0.4) is 0 Å². The van der Waals surface area contributed by atoms with Gasteiger partial charge in [-0.1, -0.05) is 30.3 Å². The van der Waals surface area contributed by atoms with Crippen molar-refractivity contribution in [3.05, 3.63) is 81.7 Å². The Bertz CT molecular complexity index is 817. The maximum atomic E-state index is 12.1. The van der Waals surface area contributed by atoms with Gasteiger partial charge in [0.05, 0.1) is 6.54 Å². The van der Waals surface area contributed by atoms with E-state index in [1.54, 1.807) is 6.20 Å². The van der Waals surface area contributed by atoms with E-state index in [-0.39, 0.29) is 6.03 Å². The predicted molar refractivity (Wildman–Crippen MR) is 103 cm³/mol. The first-order valence-electron chi connectivity index (χ1n) is 7.55. The molecule has 0 spiro atoms. The summed E-state index contributed by atoms with van der Waals surface area (Å²) in [6.07, 6.45) is 3.68. The lowest BCUT2D eigenvalue weighted by atomic mass is 10.1. The molecule has 0 saturated heterocycles. The molecule has 5 nitrogen and oxygen atoms in total. The lowest BCUT2D eigenvalue weighted by Crippen LogP contribution is -2.28. The number of carbonyl (C=O) groups is 1. The van der Waals surface area contributed by atoms with Gasteiger partial charge in [0.25, 0.3) is 0 Å². The number of carbonyl (C=O) groups excluding carboxylic acids is 1. The van der Waals surface area contributed by atoms with Gasteiger partial charge < -0.3 is 10.6 Å². The SMILES string of the molecule is O=C(NCc1ccccc1Cn1cccn1)Nc1cccc(I)c1. The summed E-state index contributed by atoms with van der Waals surface area (Å²) >= 11 is 2.22. The molecule has 0 aliphatic heterocycles. The van der Waals surface area contributed by atoms with E-state index in [4.69, 9.17) is 0 Å². The summed E-state index contributed by atoms with van der Waals surface area (Å²) in [7, 11) is 0. The third kappa shape index (κ3) is 4.58. The molecule has 1 aromatic heterocycles. The fourth-order valence-electron chi connectivity index (χ4n) is 2.37. The predicted octanol–water partition coefficient (Wildman–Crippen LogP) is 3.86. The molecule has 0 aliphatic carbocycles. The Morgan fingerprint density at radius 2 is 1.92 bits per heavy atom. The second kappa shape index (κ2) is 7.96. The number of nitrogens with one attached hydrogen (secondary N) is 2. The Labute approximate surface area is 154 Å². The number of hydrogen-bond donors (Lipinski definition) is 2. The zero-order valence-corrected chi connectivity index (χ0v) is 15.1. The lowest BCUT2D eigenvalue weighted by molar-refractivity contribution is 0.251. The smallest absolute Gasteiger partial charge is 0.319 e. The van der Waals surface area contributed by atoms with Crippen molar-refractivity contribution in [1.29, 1.82) is 0 Å². The maximum Gasteiger partial charge on any atom is 0.319 e. The molecule has 0 radical (unpaired) electrons. The zero-order chi connectivity index (χ0) is 16.8. The molecule has 2 N–H and O–H groups in total. The number of rotatable bonds is 5. The highest BCUT2D eigenvalue weighted by Gasteiger charge is 2.06. The van der Waals surface area contributed by atoms with E-state index in [9.17, 15) is 4.79 Å². The average Bonchev–Trinajstić information content (AvgIpc) is 3.07. The van der Waals surface area contributed by atoms with E-state index in [0.29, 0.717) is 13.1 Å². The van der Waals surface area contributed by atoms with Crippen LogP contribution in [0.15, 0.2) is 67.0 Å². The fraction of sp³-hybridized carbons (Fsp3) is 0.111. The molecule has 0 bridgehead atoms. The van der Waals surface area contributed by atoms with Crippen molar-refractivity contribution < 1.29 is 4.79 Å². The summed E-state index contributed by atoms with van der Waals surface area (Å²) in [5.41, 5.74) is 2.99. The Morgan fingerprint density at radius 1 is 1.08 bits per heavy atom. The molecule has 2 amide bonds. The minimum atomic E-state index is -0.217. The van der Waals surface area contributed by atoms with Crippen LogP contribution in [0.5, 0.6) is 0 Å². The van der Waals surface area contributed by atoms with Crippen molar-refractivity contribution in [1.82, 2.24) is 15.1 Å². The van der Waals surface area contributed by atoms with Gasteiger partial charge in [-0.25, -0.2) is 4.79 Å². The first-order chi connectivity index (χ1) is 11.7. The van der Waals surface area contributed by atoms with E-state index in [0.717, 1.165) is 20.4 Å². The van der Waals surface area contributed by atoms with E-state index in [2.05, 4.69) is 44.4 Å². The number of urea groups is 1. The van der Waals surface area contributed by atoms with E-state index >= 15 is 0 Å². The van der Waals surface area contributed by atoms with Crippen LogP contribution < -0.4 is 10.6 Å². The monoisotopic (exact) mass is 432 g/mol. The summed E-state index contributed by atoms with van der Waals surface area (Å²) in [5.74, 6) is 0. The number of halogens is 1. The Balaban J connectivity index is 1.61. The molecule has 24 heavy (non-hydrogen) atoms. The molecule has 0 saturated carbocycles. The van der Waals surface area contributed by atoms with Gasteiger partial charge >= 0.3 is 6.03 Å². The summed E-state index contributed by atoms with van der Waals surface area (Å²) in [6, 6.07) is 17.4. The Kier molecular flexibility index (Phi) is 5.47. The van der Waals surface area contributed by atoms with Gasteiger partial charge in [0.2, 0.25) is 0 Å². The summed E-state index contributed by atoms with van der Waals surface area (Å²) in [4.78, 5) is 12.1. The van der Waals surface area contributed by atoms with E-state index in [1.807, 2.05) is 59.4 Å². The van der Waals surface area contributed by atoms with Crippen LogP contribution in [-0.2, 0) is 13.1 Å². The molecular formula is C18H17IN4O. The highest BCUT2D eigenvalue weighted by atomic mass is 127. The third-order valence-electron chi connectivity index (χ3n) is 3.53. The molecule has 122 valence electrons. The number of anilines is 1. The Morgan fingerprint density at radius 3 is 2.67 bits per heavy atom. The molecular weight excluding hydrogens is 415 g/mol. The van der Waals surface area contributed by atoms with Gasteiger partial charge in [0.1, 0.15) is 0 Å². The first-order valence-corrected chi connectivity index (χ1v) is 8.63. The van der Waals surface area contributed by atoms with Crippen LogP contribution in [-0.4, -0.2) is 15.8 Å². The van der Waals surface area contributed by atoms with E-state index in [1.165, 1.54) is 0 Å². The molecule has 0 unspecified atom stereocenters. The van der Waals surface area contributed by atoms with Crippen LogP contribution in [0.1, 0.15) is 11.1 Å². The normalized spacial score (nSPS) is 10.4. The molecule has 0 aliphatic rings. The number of amides is 2. The van der Waals surface area contributed by atoms with Crippen molar-refractivity contribution in [2.75, 3.05) is 5.32 Å². The quantitative estimate of drug-likeness (QED) is 0.602. The second-order valence-electron chi connectivity index (χ2n) is 5.29. The van der Waals surface area contributed by atoms with Gasteiger partial charge in [0.15, 0.2) is 0 Å². The van der Waals surface area contributed by atoms with Crippen molar-refractivity contribution in [2.45, 2.75) is 13.1 Å². The number of hydrogen-bond acceptors (Lipinski definition) is 2. The van der Waals surface area contributed by atoms with Gasteiger partial charge in [-0.2, -0.15) is 5.10 Å². The third-order valence-corrected chi connectivity index (χ3v) is 4.20. The van der Waals surface area contributed by atoms with Crippen LogP contribution >= 0.6 is 22.6 Å². The highest BCUT2D eigenvalue weighted by Crippen LogP contribution is 2.13. The largest absolute Gasteiger partial charge is 0.334 e. The molecule has 0 fully saturated rings. The first kappa shape index (κ1) is 16.5. The Hall–Kier alpha value is -2.35. The van der Waals surface area contributed by atoms with Gasteiger partial charge in [0, 0.05) is 28.2 Å². The number of benzene rings is 2. The van der Waals surface area contributed by atoms with Gasteiger partial charge in [-0.15, -0.1) is 0 Å². The minimum absolute atomic E-state index is 0.217. The van der Waals surface area contributed by atoms with Gasteiger partial charge in [-0.3, -0.25) is 4.68 Å². The van der Waals surface area contributed by atoms with Crippen molar-refractivity contribution in [3.63, 3.8) is 0 Å². The van der Waals surface area contributed by atoms with Crippen molar-refractivity contribution in [3.8, 4) is 0 Å². The second-order valence-corrected chi connectivity index (χ2v) is 6.54.